The molecule has 0 spiro atoms. The summed E-state index contributed by atoms with van der Waals surface area (Å²) in [6.45, 7) is 7.83. The average molecular weight is 542 g/mol. The maximum atomic E-state index is 13.7. The summed E-state index contributed by atoms with van der Waals surface area (Å²) in [5, 5.41) is 19.7. The number of amides is 2. The monoisotopic (exact) mass is 541 g/mol. The second kappa shape index (κ2) is 11.3. The van der Waals surface area contributed by atoms with Crippen LogP contribution in [-0.2, 0) is 11.3 Å². The molecule has 5 rings (SSSR count). The fourth-order valence-corrected chi connectivity index (χ4v) is 5.61. The lowest BCUT2D eigenvalue weighted by molar-refractivity contribution is 0.0487. The van der Waals surface area contributed by atoms with E-state index in [1.807, 2.05) is 63.2 Å². The zero-order chi connectivity index (χ0) is 28.4. The van der Waals surface area contributed by atoms with E-state index in [9.17, 15) is 14.7 Å². The molecule has 0 aliphatic heterocycles. The van der Waals surface area contributed by atoms with Crippen molar-refractivity contribution in [2.24, 2.45) is 0 Å². The van der Waals surface area contributed by atoms with Crippen LogP contribution >= 0.6 is 0 Å². The molecule has 4 aromatic rings. The highest BCUT2D eigenvalue weighted by Crippen LogP contribution is 2.28. The summed E-state index contributed by atoms with van der Waals surface area (Å²) in [5.41, 5.74) is 2.92. The molecule has 1 aliphatic carbocycles. The van der Waals surface area contributed by atoms with Crippen LogP contribution in [0.2, 0.25) is 0 Å². The topological polar surface area (TPSA) is 92.6 Å². The van der Waals surface area contributed by atoms with Crippen LogP contribution in [0.15, 0.2) is 66.7 Å². The number of nitrogens with zero attached hydrogens (tertiary/aromatic N) is 1. The van der Waals surface area contributed by atoms with Gasteiger partial charge in [0.25, 0.3) is 5.91 Å². The van der Waals surface area contributed by atoms with Gasteiger partial charge in [0, 0.05) is 29.5 Å². The first kappa shape index (κ1) is 27.7. The van der Waals surface area contributed by atoms with E-state index in [2.05, 4.69) is 39.5 Å². The van der Waals surface area contributed by atoms with E-state index in [4.69, 9.17) is 4.74 Å². The number of nitrogens with one attached hydrogen (secondary N) is 2. The summed E-state index contributed by atoms with van der Waals surface area (Å²) in [7, 11) is 0. The van der Waals surface area contributed by atoms with Crippen LogP contribution in [0.3, 0.4) is 0 Å². The zero-order valence-corrected chi connectivity index (χ0v) is 23.7. The molecule has 1 heterocycles. The van der Waals surface area contributed by atoms with Crippen LogP contribution in [0, 0.1) is 0 Å². The van der Waals surface area contributed by atoms with Gasteiger partial charge in [-0.15, -0.1) is 0 Å². The Bertz CT molecular complexity index is 1520. The van der Waals surface area contributed by atoms with E-state index >= 15 is 0 Å². The average Bonchev–Trinajstić information content (AvgIpc) is 3.26. The molecule has 3 aromatic carbocycles. The van der Waals surface area contributed by atoms with Crippen LogP contribution < -0.4 is 10.6 Å². The Morgan fingerprint density at radius 1 is 0.925 bits per heavy atom. The summed E-state index contributed by atoms with van der Waals surface area (Å²) in [6, 6.07) is 22.4. The standard InChI is InChI=1S/C33H39N3O4/c1-21(37)23-12-13-24-19-30(31(38)34-26-14-16-27(17-15-26)35-32(39)40-33(2,3)4)36(29(24)18-23)20-25-10-7-9-22-8-5-6-11-28(22)25/h5-13,18-19,21,26-27,37H,14-17,20H2,1-4H3,(H,34,38)(H,35,39). The second-order valence-electron chi connectivity index (χ2n) is 11.9. The van der Waals surface area contributed by atoms with Crippen molar-refractivity contribution in [1.82, 2.24) is 15.2 Å². The predicted molar refractivity (Wildman–Crippen MR) is 159 cm³/mol. The van der Waals surface area contributed by atoms with Crippen molar-refractivity contribution < 1.29 is 19.4 Å². The number of carbonyl (C=O) groups excluding carboxylic acids is 2. The van der Waals surface area contributed by atoms with Crippen LogP contribution in [0.1, 0.15) is 81.1 Å². The molecule has 0 bridgehead atoms. The predicted octanol–water partition coefficient (Wildman–Crippen LogP) is 6.46. The smallest absolute Gasteiger partial charge is 0.407 e. The van der Waals surface area contributed by atoms with Gasteiger partial charge in [-0.2, -0.15) is 0 Å². The van der Waals surface area contributed by atoms with Gasteiger partial charge in [0.1, 0.15) is 11.3 Å². The number of alkyl carbamates (subject to hydrolysis) is 1. The first-order chi connectivity index (χ1) is 19.1. The largest absolute Gasteiger partial charge is 0.444 e. The molecule has 7 heteroatoms. The van der Waals surface area contributed by atoms with Gasteiger partial charge in [-0.25, -0.2) is 4.79 Å². The molecule has 1 atom stereocenters. The van der Waals surface area contributed by atoms with Gasteiger partial charge in [0.2, 0.25) is 0 Å². The molecule has 1 fully saturated rings. The number of fused-ring (bicyclic) bond motifs is 2. The number of aromatic nitrogens is 1. The molecule has 2 amide bonds. The Labute approximate surface area is 235 Å². The van der Waals surface area contributed by atoms with Crippen LogP contribution in [0.4, 0.5) is 4.79 Å². The number of rotatable bonds is 6. The molecule has 0 radical (unpaired) electrons. The molecule has 7 nitrogen and oxygen atoms in total. The normalized spacial score (nSPS) is 18.4. The quantitative estimate of drug-likeness (QED) is 0.261. The third kappa shape index (κ3) is 6.31. The molecule has 0 saturated heterocycles. The lowest BCUT2D eigenvalue weighted by Gasteiger charge is -2.30. The number of hydrogen-bond donors (Lipinski definition) is 3. The molecule has 1 aromatic heterocycles. The maximum absolute atomic E-state index is 13.7. The van der Waals surface area contributed by atoms with Crippen LogP contribution in [-0.4, -0.2) is 39.4 Å². The molecule has 1 saturated carbocycles. The first-order valence-electron chi connectivity index (χ1n) is 14.2. The van der Waals surface area contributed by atoms with Crippen molar-refractivity contribution in [2.45, 2.75) is 83.7 Å². The molecule has 1 unspecified atom stereocenters. The van der Waals surface area contributed by atoms with E-state index in [1.165, 1.54) is 0 Å². The third-order valence-electron chi connectivity index (χ3n) is 7.64. The Hall–Kier alpha value is -3.84. The lowest BCUT2D eigenvalue weighted by Crippen LogP contribution is -2.45. The molecule has 1 aliphatic rings. The van der Waals surface area contributed by atoms with Crippen molar-refractivity contribution >= 4 is 33.7 Å². The van der Waals surface area contributed by atoms with Gasteiger partial charge in [-0.1, -0.05) is 54.6 Å². The first-order valence-corrected chi connectivity index (χ1v) is 14.2. The van der Waals surface area contributed by atoms with Gasteiger partial charge in [-0.3, -0.25) is 4.79 Å². The van der Waals surface area contributed by atoms with Crippen molar-refractivity contribution in [3.8, 4) is 0 Å². The second-order valence-corrected chi connectivity index (χ2v) is 11.9. The van der Waals surface area contributed by atoms with Crippen molar-refractivity contribution in [2.75, 3.05) is 0 Å². The van der Waals surface area contributed by atoms with Crippen LogP contribution in [0.25, 0.3) is 21.7 Å². The maximum Gasteiger partial charge on any atom is 0.407 e. The minimum atomic E-state index is -0.605. The fourth-order valence-electron chi connectivity index (χ4n) is 5.61. The van der Waals surface area contributed by atoms with E-state index < -0.39 is 17.8 Å². The highest BCUT2D eigenvalue weighted by Gasteiger charge is 2.27. The van der Waals surface area contributed by atoms with E-state index in [-0.39, 0.29) is 18.0 Å². The van der Waals surface area contributed by atoms with Gasteiger partial charge in [0.15, 0.2) is 0 Å². The number of benzene rings is 3. The van der Waals surface area contributed by atoms with E-state index in [1.54, 1.807) is 6.92 Å². The molecule has 3 N–H and O–H groups in total. The Morgan fingerprint density at radius 3 is 2.30 bits per heavy atom. The third-order valence-corrected chi connectivity index (χ3v) is 7.64. The molecular weight excluding hydrogens is 502 g/mol. The van der Waals surface area contributed by atoms with E-state index in [0.29, 0.717) is 12.2 Å². The summed E-state index contributed by atoms with van der Waals surface area (Å²) >= 11 is 0. The Balaban J connectivity index is 1.36. The summed E-state index contributed by atoms with van der Waals surface area (Å²) < 4.78 is 7.46. The number of ether oxygens (including phenoxy) is 1. The molecule has 210 valence electrons. The zero-order valence-electron chi connectivity index (χ0n) is 23.7. The number of hydrogen-bond acceptors (Lipinski definition) is 4. The number of carbonyl (C=O) groups is 2. The minimum Gasteiger partial charge on any atom is -0.444 e. The van der Waals surface area contributed by atoms with Gasteiger partial charge < -0.3 is 25.0 Å². The number of aliphatic hydroxyl groups excluding tert-OH is 1. The summed E-state index contributed by atoms with van der Waals surface area (Å²) in [4.78, 5) is 25.9. The minimum absolute atomic E-state index is 0.0289. The highest BCUT2D eigenvalue weighted by molar-refractivity contribution is 5.99. The summed E-state index contributed by atoms with van der Waals surface area (Å²) in [6.07, 6.45) is 2.12. The van der Waals surface area contributed by atoms with Gasteiger partial charge >= 0.3 is 6.09 Å². The molecular formula is C33H39N3O4. The van der Waals surface area contributed by atoms with E-state index in [0.717, 1.165) is 58.5 Å². The van der Waals surface area contributed by atoms with Gasteiger partial charge in [-0.05, 0) is 87.4 Å². The van der Waals surface area contributed by atoms with Crippen molar-refractivity contribution in [3.05, 3.63) is 83.6 Å². The number of aliphatic hydroxyl groups is 1. The Morgan fingerprint density at radius 2 is 1.60 bits per heavy atom. The fraction of sp³-hybridized carbons (Fsp3) is 0.394. The lowest BCUT2D eigenvalue weighted by atomic mass is 9.91. The SMILES string of the molecule is CC(O)c1ccc2cc(C(=O)NC3CCC(NC(=O)OC(C)(C)C)CC3)n(Cc3cccc4ccccc34)c2c1. The Kier molecular flexibility index (Phi) is 7.86. The highest BCUT2D eigenvalue weighted by atomic mass is 16.6. The van der Waals surface area contributed by atoms with Crippen molar-refractivity contribution in [3.63, 3.8) is 0 Å². The van der Waals surface area contributed by atoms with Crippen LogP contribution in [0.5, 0.6) is 0 Å². The van der Waals surface area contributed by atoms with Gasteiger partial charge in [0.05, 0.1) is 6.10 Å². The summed E-state index contributed by atoms with van der Waals surface area (Å²) in [5.74, 6) is -0.112. The molecule has 40 heavy (non-hydrogen) atoms. The van der Waals surface area contributed by atoms with Crippen molar-refractivity contribution in [1.29, 1.82) is 0 Å².